The van der Waals surface area contributed by atoms with Gasteiger partial charge in [-0.1, -0.05) is 13.8 Å². The van der Waals surface area contributed by atoms with Gasteiger partial charge >= 0.3 is 0 Å². The molecule has 9 heteroatoms. The summed E-state index contributed by atoms with van der Waals surface area (Å²) >= 11 is 0. The van der Waals surface area contributed by atoms with E-state index >= 15 is 0 Å². The van der Waals surface area contributed by atoms with Crippen molar-refractivity contribution in [2.45, 2.75) is 26.1 Å². The van der Waals surface area contributed by atoms with Gasteiger partial charge in [0.15, 0.2) is 23.0 Å². The van der Waals surface area contributed by atoms with Crippen LogP contribution in [0.4, 0.5) is 0 Å². The second kappa shape index (κ2) is 8.16. The lowest BCUT2D eigenvalue weighted by atomic mass is 9.74. The van der Waals surface area contributed by atoms with Crippen molar-refractivity contribution >= 4 is 5.78 Å². The third-order valence-electron chi connectivity index (χ3n) is 5.61. The van der Waals surface area contributed by atoms with Gasteiger partial charge in [0, 0.05) is 23.5 Å². The average Bonchev–Trinajstić information content (AvgIpc) is 3.22. The molecule has 3 unspecified atom stereocenters. The van der Waals surface area contributed by atoms with Gasteiger partial charge in [-0.05, 0) is 23.8 Å². The van der Waals surface area contributed by atoms with Gasteiger partial charge in [-0.15, -0.1) is 0 Å². The smallest absolute Gasteiger partial charge is 0.231 e. The number of ketones is 1. The summed E-state index contributed by atoms with van der Waals surface area (Å²) in [6.07, 6.45) is -1.35. The monoisotopic (exact) mass is 431 g/mol. The first-order valence-corrected chi connectivity index (χ1v) is 9.84. The Morgan fingerprint density at radius 2 is 1.68 bits per heavy atom. The van der Waals surface area contributed by atoms with E-state index in [0.717, 1.165) is 0 Å². The van der Waals surface area contributed by atoms with Crippen LogP contribution in [0.2, 0.25) is 0 Å². The number of methoxy groups -OCH3 is 2. The fraction of sp³-hybridized carbons (Fsp3) is 0.409. The number of fused-ring (bicyclic) bond motifs is 2. The molecular formula is C22H25NO8. The van der Waals surface area contributed by atoms with Gasteiger partial charge in [0.25, 0.3) is 0 Å². The number of Topliss-reactive ketones (excluding diaryl/α,β-unsaturated/α-hetero) is 1. The van der Waals surface area contributed by atoms with Crippen LogP contribution in [0, 0.1) is 11.8 Å². The zero-order chi connectivity index (χ0) is 22.3. The lowest BCUT2D eigenvalue weighted by molar-refractivity contribution is -0.142. The first kappa shape index (κ1) is 21.1. The normalized spacial score (nSPS) is 21.3. The average molecular weight is 431 g/mol. The molecule has 0 amide bonds. The van der Waals surface area contributed by atoms with E-state index in [0.29, 0.717) is 39.9 Å². The molecule has 166 valence electrons. The molecule has 2 aliphatic heterocycles. The predicted molar refractivity (Wildman–Crippen MR) is 109 cm³/mol. The number of hydrogen-bond donors (Lipinski definition) is 2. The Labute approximate surface area is 179 Å². The van der Waals surface area contributed by atoms with E-state index in [-0.39, 0.29) is 24.2 Å². The van der Waals surface area contributed by atoms with Gasteiger partial charge in [0.1, 0.15) is 11.5 Å². The highest BCUT2D eigenvalue weighted by Gasteiger charge is 2.45. The van der Waals surface area contributed by atoms with Crippen LogP contribution in [0.15, 0.2) is 24.3 Å². The van der Waals surface area contributed by atoms with Crippen molar-refractivity contribution in [2.75, 3.05) is 21.0 Å². The highest BCUT2D eigenvalue weighted by Crippen LogP contribution is 2.51. The summed E-state index contributed by atoms with van der Waals surface area (Å²) in [5.41, 5.74) is 1.34. The van der Waals surface area contributed by atoms with Crippen LogP contribution in [-0.2, 0) is 4.79 Å². The number of benzene rings is 2. The molecule has 2 aromatic carbocycles. The van der Waals surface area contributed by atoms with E-state index in [2.05, 4.69) is 0 Å². The van der Waals surface area contributed by atoms with E-state index in [1.165, 1.54) is 14.2 Å². The second-order valence-electron chi connectivity index (χ2n) is 7.68. The van der Waals surface area contributed by atoms with E-state index in [1.807, 2.05) is 0 Å². The molecule has 0 radical (unpaired) electrons. The molecule has 3 atom stereocenters. The van der Waals surface area contributed by atoms with Crippen LogP contribution in [0.25, 0.3) is 0 Å². The summed E-state index contributed by atoms with van der Waals surface area (Å²) in [7, 11) is 2.95. The minimum Gasteiger partial charge on any atom is -0.493 e. The first-order valence-electron chi connectivity index (χ1n) is 9.84. The molecule has 0 saturated heterocycles. The van der Waals surface area contributed by atoms with Crippen LogP contribution in [-0.4, -0.2) is 38.2 Å². The maximum Gasteiger partial charge on any atom is 0.231 e. The van der Waals surface area contributed by atoms with E-state index in [9.17, 15) is 9.90 Å². The lowest BCUT2D eigenvalue weighted by Gasteiger charge is -2.37. The topological polar surface area (TPSA) is 119 Å². The largest absolute Gasteiger partial charge is 0.493 e. The van der Waals surface area contributed by atoms with Crippen molar-refractivity contribution in [3.8, 4) is 34.5 Å². The Morgan fingerprint density at radius 1 is 1.06 bits per heavy atom. The number of ether oxygens (including phenoxy) is 5. The fourth-order valence-electron chi connectivity index (χ4n) is 4.12. The number of carbonyl (C=O) groups excluding carboxylic acids is 1. The van der Waals surface area contributed by atoms with Crippen molar-refractivity contribution in [3.05, 3.63) is 35.4 Å². The highest BCUT2D eigenvalue weighted by molar-refractivity contribution is 5.85. The first-order chi connectivity index (χ1) is 14.9. The number of aliphatic hydroxyl groups is 1. The zero-order valence-electron chi connectivity index (χ0n) is 17.7. The van der Waals surface area contributed by atoms with Gasteiger partial charge < -0.3 is 33.6 Å². The standard InChI is InChI=1S/C22H25NO8/c1-10(2)20(24)19-18(11-5-16(26-3)21(31-23)17(6-11)27-4)12-7-14-15(29-9-28-14)8-13(12)30-22(19)25/h5-8,10,18-19,22,25H,9,23H2,1-4H3. The SMILES string of the molecule is COc1cc(C2c3cc4c(cc3OC(O)C2C(=O)C(C)C)OCO4)cc(OC)c1ON. The molecule has 2 aliphatic rings. The molecule has 4 rings (SSSR count). The van der Waals surface area contributed by atoms with Gasteiger partial charge in [-0.2, -0.15) is 5.90 Å². The number of nitrogens with two attached hydrogens (primary N) is 1. The Hall–Kier alpha value is -3.17. The molecule has 9 nitrogen and oxygen atoms in total. The van der Waals surface area contributed by atoms with E-state index in [4.69, 9.17) is 34.4 Å². The Morgan fingerprint density at radius 3 is 2.23 bits per heavy atom. The number of hydrogen-bond acceptors (Lipinski definition) is 9. The van der Waals surface area contributed by atoms with Crippen LogP contribution in [0.1, 0.15) is 30.9 Å². The molecule has 2 aromatic rings. The molecule has 0 spiro atoms. The molecule has 3 N–H and O–H groups in total. The van der Waals surface area contributed by atoms with Crippen molar-refractivity contribution in [3.63, 3.8) is 0 Å². The number of rotatable bonds is 6. The predicted octanol–water partition coefficient (Wildman–Crippen LogP) is 2.37. The third kappa shape index (κ3) is 3.49. The highest BCUT2D eigenvalue weighted by atomic mass is 16.7. The summed E-state index contributed by atoms with van der Waals surface area (Å²) in [6, 6.07) is 6.86. The quantitative estimate of drug-likeness (QED) is 0.664. The minimum absolute atomic E-state index is 0.0873. The summed E-state index contributed by atoms with van der Waals surface area (Å²) in [6.45, 7) is 3.66. The fourth-order valence-corrected chi connectivity index (χ4v) is 4.12. The van der Waals surface area contributed by atoms with Gasteiger partial charge in [0.2, 0.25) is 18.8 Å². The van der Waals surface area contributed by atoms with Crippen molar-refractivity contribution in [2.24, 2.45) is 17.7 Å². The zero-order valence-corrected chi connectivity index (χ0v) is 17.7. The van der Waals surface area contributed by atoms with Crippen LogP contribution in [0.3, 0.4) is 0 Å². The van der Waals surface area contributed by atoms with Crippen molar-refractivity contribution in [1.29, 1.82) is 0 Å². The molecule has 31 heavy (non-hydrogen) atoms. The minimum atomic E-state index is -1.35. The van der Waals surface area contributed by atoms with Crippen LogP contribution in [0.5, 0.6) is 34.5 Å². The number of aliphatic hydroxyl groups excluding tert-OH is 1. The summed E-state index contributed by atoms with van der Waals surface area (Å²) in [4.78, 5) is 18.1. The van der Waals surface area contributed by atoms with Crippen molar-refractivity contribution < 1.29 is 38.4 Å². The van der Waals surface area contributed by atoms with Crippen LogP contribution >= 0.6 is 0 Å². The summed E-state index contributed by atoms with van der Waals surface area (Å²) < 4.78 is 27.6. The maximum absolute atomic E-state index is 13.2. The summed E-state index contributed by atoms with van der Waals surface area (Å²) in [5, 5.41) is 10.8. The maximum atomic E-state index is 13.2. The lowest BCUT2D eigenvalue weighted by Crippen LogP contribution is -2.43. The molecule has 0 aromatic heterocycles. The molecule has 0 saturated carbocycles. The van der Waals surface area contributed by atoms with Crippen LogP contribution < -0.4 is 34.4 Å². The van der Waals surface area contributed by atoms with Gasteiger partial charge in [-0.25, -0.2) is 0 Å². The second-order valence-corrected chi connectivity index (χ2v) is 7.68. The Bertz CT molecular complexity index is 980. The third-order valence-corrected chi connectivity index (χ3v) is 5.61. The summed E-state index contributed by atoms with van der Waals surface area (Å²) in [5.74, 6) is 5.84. The molecule has 0 bridgehead atoms. The molecule has 0 aliphatic carbocycles. The molecular weight excluding hydrogens is 406 g/mol. The molecule has 2 heterocycles. The van der Waals surface area contributed by atoms with Gasteiger partial charge in [0.05, 0.1) is 20.1 Å². The van der Waals surface area contributed by atoms with E-state index < -0.39 is 18.1 Å². The number of carbonyl (C=O) groups is 1. The Kier molecular flexibility index (Phi) is 5.55. The molecule has 0 fully saturated rings. The van der Waals surface area contributed by atoms with E-state index in [1.54, 1.807) is 38.1 Å². The Balaban J connectivity index is 1.95. The van der Waals surface area contributed by atoms with Crippen molar-refractivity contribution in [1.82, 2.24) is 0 Å². The van der Waals surface area contributed by atoms with Gasteiger partial charge in [-0.3, -0.25) is 4.79 Å².